The molecule has 2 aliphatic heterocycles. The first-order chi connectivity index (χ1) is 15.8. The number of alkyl halides is 3. The maximum absolute atomic E-state index is 13.4. The number of likely N-dealkylation sites (tertiary alicyclic amines) is 1. The van der Waals surface area contributed by atoms with Gasteiger partial charge in [0.25, 0.3) is 0 Å². The molecule has 4 rings (SSSR count). The summed E-state index contributed by atoms with van der Waals surface area (Å²) in [7, 11) is 1.64. The predicted octanol–water partition coefficient (Wildman–Crippen LogP) is 4.05. The first-order valence-electron chi connectivity index (χ1n) is 10.6. The van der Waals surface area contributed by atoms with E-state index in [-0.39, 0.29) is 23.9 Å². The number of hydrogen-bond acceptors (Lipinski definition) is 5. The zero-order valence-corrected chi connectivity index (χ0v) is 18.0. The predicted molar refractivity (Wildman–Crippen MR) is 115 cm³/mol. The third-order valence-corrected chi connectivity index (χ3v) is 5.73. The summed E-state index contributed by atoms with van der Waals surface area (Å²) in [6.45, 7) is 0.470. The van der Waals surface area contributed by atoms with Crippen molar-refractivity contribution in [3.63, 3.8) is 0 Å². The zero-order valence-electron chi connectivity index (χ0n) is 18.0. The Balaban J connectivity index is 1.47. The standard InChI is InChI=1S/C23H25F3N4O3/c1-32-20-12-9-18(13-16-5-3-2-4-6-16)29(14-20)22(31)30-15-21(27-28-30)17-7-10-19(11-8-17)33-23(24,25)26/h2-8,10-11,15,18,20,27-28H,9,12-14H2,1H3/t18-,20-/m1/s1. The van der Waals surface area contributed by atoms with Crippen LogP contribution >= 0.6 is 0 Å². The van der Waals surface area contributed by atoms with E-state index in [0.717, 1.165) is 24.8 Å². The number of carbonyl (C=O) groups is 1. The number of nitrogens with one attached hydrogen (secondary N) is 2. The van der Waals surface area contributed by atoms with E-state index in [1.807, 2.05) is 30.3 Å². The highest BCUT2D eigenvalue weighted by atomic mass is 19.4. The van der Waals surface area contributed by atoms with Gasteiger partial charge in [0.05, 0.1) is 18.0 Å². The average molecular weight is 462 g/mol. The minimum Gasteiger partial charge on any atom is -0.406 e. The van der Waals surface area contributed by atoms with Gasteiger partial charge in [-0.2, -0.15) is 0 Å². The molecule has 7 nitrogen and oxygen atoms in total. The van der Waals surface area contributed by atoms with Crippen molar-refractivity contribution in [1.29, 1.82) is 0 Å². The number of methoxy groups -OCH3 is 1. The van der Waals surface area contributed by atoms with Crippen LogP contribution in [0.3, 0.4) is 0 Å². The molecule has 2 aromatic rings. The molecule has 2 heterocycles. The Morgan fingerprint density at radius 1 is 1.09 bits per heavy atom. The molecule has 1 fully saturated rings. The molecule has 0 saturated carbocycles. The number of nitrogens with zero attached hydrogens (tertiary/aromatic N) is 2. The third kappa shape index (κ3) is 5.77. The zero-order chi connectivity index (χ0) is 23.4. The highest BCUT2D eigenvalue weighted by Crippen LogP contribution is 2.27. The summed E-state index contributed by atoms with van der Waals surface area (Å²) in [4.78, 5) is 15.2. The summed E-state index contributed by atoms with van der Waals surface area (Å²) in [5, 5.41) is 1.34. The Morgan fingerprint density at radius 3 is 2.48 bits per heavy atom. The van der Waals surface area contributed by atoms with E-state index < -0.39 is 6.36 Å². The van der Waals surface area contributed by atoms with E-state index in [0.29, 0.717) is 17.8 Å². The molecule has 2 aliphatic rings. The minimum atomic E-state index is -4.75. The number of carbonyl (C=O) groups excluding carboxylic acids is 1. The van der Waals surface area contributed by atoms with Crippen molar-refractivity contribution in [2.45, 2.75) is 37.8 Å². The third-order valence-electron chi connectivity index (χ3n) is 5.73. The molecule has 0 radical (unpaired) electrons. The van der Waals surface area contributed by atoms with Gasteiger partial charge in [-0.25, -0.2) is 9.80 Å². The van der Waals surface area contributed by atoms with Crippen molar-refractivity contribution in [3.8, 4) is 5.75 Å². The molecule has 2 aromatic carbocycles. The quantitative estimate of drug-likeness (QED) is 0.702. The van der Waals surface area contributed by atoms with Crippen LogP contribution in [0.4, 0.5) is 18.0 Å². The smallest absolute Gasteiger partial charge is 0.406 e. The summed E-state index contributed by atoms with van der Waals surface area (Å²) in [6, 6.07) is 15.2. The van der Waals surface area contributed by atoms with Gasteiger partial charge in [-0.1, -0.05) is 30.3 Å². The van der Waals surface area contributed by atoms with Crippen LogP contribution in [0.1, 0.15) is 24.0 Å². The number of rotatable bonds is 5. The SMILES string of the molecule is CO[C@@H]1CC[C@H](Cc2ccccc2)N(C(=O)N2C=C(c3ccc(OC(F)(F)F)cc3)NN2)C1. The highest BCUT2D eigenvalue weighted by molar-refractivity contribution is 5.79. The van der Waals surface area contributed by atoms with Gasteiger partial charge in [-0.15, -0.1) is 18.7 Å². The van der Waals surface area contributed by atoms with Crippen LogP contribution in [-0.2, 0) is 11.2 Å². The molecule has 2 N–H and O–H groups in total. The van der Waals surface area contributed by atoms with Gasteiger partial charge in [0.15, 0.2) is 0 Å². The van der Waals surface area contributed by atoms with Crippen molar-refractivity contribution in [3.05, 3.63) is 71.9 Å². The van der Waals surface area contributed by atoms with Crippen LogP contribution in [0.2, 0.25) is 0 Å². The molecule has 0 spiro atoms. The molecular formula is C23H25F3N4O3. The number of urea groups is 1. The second-order valence-corrected chi connectivity index (χ2v) is 7.94. The normalized spacial score (nSPS) is 20.9. The molecule has 2 atom stereocenters. The summed E-state index contributed by atoms with van der Waals surface area (Å²) in [5.41, 5.74) is 8.01. The van der Waals surface area contributed by atoms with Gasteiger partial charge in [0.1, 0.15) is 5.75 Å². The molecule has 1 saturated heterocycles. The van der Waals surface area contributed by atoms with Crippen LogP contribution in [0, 0.1) is 0 Å². The lowest BCUT2D eigenvalue weighted by Crippen LogP contribution is -2.56. The fraction of sp³-hybridized carbons (Fsp3) is 0.348. The van der Waals surface area contributed by atoms with Crippen LogP contribution < -0.4 is 15.7 Å². The lowest BCUT2D eigenvalue weighted by Gasteiger charge is -2.40. The molecule has 0 bridgehead atoms. The van der Waals surface area contributed by atoms with Gasteiger partial charge >= 0.3 is 12.4 Å². The molecule has 0 aliphatic carbocycles. The largest absolute Gasteiger partial charge is 0.573 e. The molecule has 176 valence electrons. The van der Waals surface area contributed by atoms with E-state index in [1.54, 1.807) is 18.2 Å². The van der Waals surface area contributed by atoms with E-state index >= 15 is 0 Å². The van der Waals surface area contributed by atoms with Crippen molar-refractivity contribution < 1.29 is 27.4 Å². The molecule has 10 heteroatoms. The molecule has 0 aromatic heterocycles. The van der Waals surface area contributed by atoms with Gasteiger partial charge in [-0.3, -0.25) is 0 Å². The molecular weight excluding hydrogens is 437 g/mol. The second kappa shape index (κ2) is 9.72. The Bertz CT molecular complexity index is 983. The lowest BCUT2D eigenvalue weighted by atomic mass is 9.94. The van der Waals surface area contributed by atoms with Crippen LogP contribution in [-0.4, -0.2) is 48.1 Å². The fourth-order valence-electron chi connectivity index (χ4n) is 4.06. The number of hydrogen-bond donors (Lipinski definition) is 2. The molecule has 2 amide bonds. The van der Waals surface area contributed by atoms with E-state index in [9.17, 15) is 18.0 Å². The maximum atomic E-state index is 13.4. The fourth-order valence-corrected chi connectivity index (χ4v) is 4.06. The lowest BCUT2D eigenvalue weighted by molar-refractivity contribution is -0.274. The van der Waals surface area contributed by atoms with Crippen LogP contribution in [0.25, 0.3) is 5.70 Å². The number of piperidine rings is 1. The number of benzene rings is 2. The number of amides is 2. The van der Waals surface area contributed by atoms with Crippen LogP contribution in [0.5, 0.6) is 5.75 Å². The van der Waals surface area contributed by atoms with Crippen molar-refractivity contribution >= 4 is 11.7 Å². The van der Waals surface area contributed by atoms with E-state index in [2.05, 4.69) is 15.7 Å². The monoisotopic (exact) mass is 462 g/mol. The van der Waals surface area contributed by atoms with Gasteiger partial charge in [-0.05, 0) is 49.1 Å². The summed E-state index contributed by atoms with van der Waals surface area (Å²) >= 11 is 0. The van der Waals surface area contributed by atoms with Gasteiger partial charge in [0.2, 0.25) is 0 Å². The van der Waals surface area contributed by atoms with Crippen molar-refractivity contribution in [1.82, 2.24) is 20.9 Å². The Labute approximate surface area is 189 Å². The summed E-state index contributed by atoms with van der Waals surface area (Å²) in [5.74, 6) is -0.312. The number of hydrazine groups is 2. The Morgan fingerprint density at radius 2 is 1.82 bits per heavy atom. The highest BCUT2D eigenvalue weighted by Gasteiger charge is 2.35. The first kappa shape index (κ1) is 22.9. The summed E-state index contributed by atoms with van der Waals surface area (Å²) < 4.78 is 46.5. The second-order valence-electron chi connectivity index (χ2n) is 7.94. The van der Waals surface area contributed by atoms with E-state index in [1.165, 1.54) is 29.3 Å². The van der Waals surface area contributed by atoms with E-state index in [4.69, 9.17) is 4.74 Å². The Kier molecular flexibility index (Phi) is 6.75. The first-order valence-corrected chi connectivity index (χ1v) is 10.6. The number of halogens is 3. The van der Waals surface area contributed by atoms with Crippen LogP contribution in [0.15, 0.2) is 60.8 Å². The van der Waals surface area contributed by atoms with Gasteiger partial charge < -0.3 is 19.8 Å². The van der Waals surface area contributed by atoms with Crippen molar-refractivity contribution in [2.75, 3.05) is 13.7 Å². The Hall–Kier alpha value is -3.24. The molecule has 0 unspecified atom stereocenters. The minimum absolute atomic E-state index is 0.0179. The average Bonchev–Trinajstić information content (AvgIpc) is 3.29. The van der Waals surface area contributed by atoms with Crippen molar-refractivity contribution in [2.24, 2.45) is 0 Å². The maximum Gasteiger partial charge on any atom is 0.573 e. The topological polar surface area (TPSA) is 66.1 Å². The number of ether oxygens (including phenoxy) is 2. The summed E-state index contributed by atoms with van der Waals surface area (Å²) in [6.07, 6.45) is -0.781. The molecule has 33 heavy (non-hydrogen) atoms. The van der Waals surface area contributed by atoms with Gasteiger partial charge in [0, 0.05) is 25.3 Å².